The van der Waals surface area contributed by atoms with Gasteiger partial charge in [0.25, 0.3) is 0 Å². The number of benzene rings is 1. The van der Waals surface area contributed by atoms with E-state index in [9.17, 15) is 0 Å². The van der Waals surface area contributed by atoms with Gasteiger partial charge >= 0.3 is 0 Å². The Balaban J connectivity index is 1.95. The lowest BCUT2D eigenvalue weighted by Crippen LogP contribution is -2.20. The van der Waals surface area contributed by atoms with E-state index in [4.69, 9.17) is 0 Å². The van der Waals surface area contributed by atoms with Gasteiger partial charge in [-0.3, -0.25) is 4.98 Å². The van der Waals surface area contributed by atoms with Crippen molar-refractivity contribution in [2.45, 2.75) is 31.2 Å². The van der Waals surface area contributed by atoms with Crippen LogP contribution in [-0.2, 0) is 0 Å². The maximum atomic E-state index is 4.58. The average molecular weight is 410 g/mol. The molecule has 1 aromatic heterocycles. The van der Waals surface area contributed by atoms with Crippen molar-refractivity contribution in [1.82, 2.24) is 10.3 Å². The molecule has 21 heavy (non-hydrogen) atoms. The zero-order chi connectivity index (χ0) is 14.8. The van der Waals surface area contributed by atoms with Crippen molar-refractivity contribution in [3.05, 3.63) is 62.3 Å². The van der Waals surface area contributed by atoms with Gasteiger partial charge in [0.1, 0.15) is 0 Å². The van der Waals surface area contributed by atoms with Crippen LogP contribution >= 0.6 is 31.9 Å². The minimum absolute atomic E-state index is 0.104. The molecular weight excluding hydrogens is 392 g/mol. The molecule has 0 saturated heterocycles. The zero-order valence-corrected chi connectivity index (χ0v) is 15.1. The molecule has 2 nitrogen and oxygen atoms in total. The fraction of sp³-hybridized carbons (Fsp3) is 0.353. The lowest BCUT2D eigenvalue weighted by atomic mass is 9.79. The van der Waals surface area contributed by atoms with Crippen LogP contribution in [0.4, 0.5) is 0 Å². The second-order valence-electron chi connectivity index (χ2n) is 5.54. The monoisotopic (exact) mass is 408 g/mol. The Morgan fingerprint density at radius 1 is 1.24 bits per heavy atom. The van der Waals surface area contributed by atoms with Crippen molar-refractivity contribution in [3.63, 3.8) is 0 Å². The first-order chi connectivity index (χ1) is 10.2. The highest BCUT2D eigenvalue weighted by atomic mass is 79.9. The molecule has 1 fully saturated rings. The quantitative estimate of drug-likeness (QED) is 0.752. The van der Waals surface area contributed by atoms with E-state index < -0.39 is 0 Å². The van der Waals surface area contributed by atoms with Gasteiger partial charge in [0.2, 0.25) is 0 Å². The Labute approximate surface area is 142 Å². The van der Waals surface area contributed by atoms with Crippen LogP contribution in [0.5, 0.6) is 0 Å². The minimum Gasteiger partial charge on any atom is -0.308 e. The zero-order valence-electron chi connectivity index (χ0n) is 11.9. The highest BCUT2D eigenvalue weighted by molar-refractivity contribution is 9.11. The number of hydrogen-bond donors (Lipinski definition) is 1. The van der Waals surface area contributed by atoms with Crippen LogP contribution in [0.1, 0.15) is 48.0 Å². The minimum atomic E-state index is 0.104. The molecule has 1 atom stereocenters. The summed E-state index contributed by atoms with van der Waals surface area (Å²) >= 11 is 7.08. The largest absolute Gasteiger partial charge is 0.308 e. The molecule has 0 amide bonds. The van der Waals surface area contributed by atoms with E-state index in [1.54, 1.807) is 0 Å². The number of nitrogens with one attached hydrogen (secondary N) is 1. The Bertz CT molecular complexity index is 638. The van der Waals surface area contributed by atoms with Gasteiger partial charge in [0.15, 0.2) is 0 Å². The molecular formula is C17H18Br2N2. The summed E-state index contributed by atoms with van der Waals surface area (Å²) in [5, 5.41) is 3.39. The number of pyridine rings is 1. The van der Waals surface area contributed by atoms with Crippen molar-refractivity contribution >= 4 is 31.9 Å². The normalized spacial score (nSPS) is 16.5. The van der Waals surface area contributed by atoms with E-state index in [1.165, 1.54) is 30.4 Å². The number of rotatable bonds is 4. The maximum absolute atomic E-state index is 4.58. The molecule has 1 aliphatic rings. The summed E-state index contributed by atoms with van der Waals surface area (Å²) < 4.78 is 2.00. The molecule has 110 valence electrons. The summed E-state index contributed by atoms with van der Waals surface area (Å²) in [5.74, 6) is 0.753. The molecule has 1 heterocycles. The second kappa shape index (κ2) is 6.59. The lowest BCUT2D eigenvalue weighted by molar-refractivity contribution is 0.419. The number of aromatic nitrogens is 1. The van der Waals surface area contributed by atoms with Crippen LogP contribution in [0, 0.1) is 0 Å². The molecule has 1 aromatic carbocycles. The van der Waals surface area contributed by atoms with E-state index in [1.807, 2.05) is 19.3 Å². The van der Waals surface area contributed by atoms with E-state index in [-0.39, 0.29) is 6.04 Å². The molecule has 2 aromatic rings. The predicted octanol–water partition coefficient (Wildman–Crippen LogP) is 5.18. The average Bonchev–Trinajstić information content (AvgIpc) is 2.40. The van der Waals surface area contributed by atoms with Gasteiger partial charge in [0, 0.05) is 15.1 Å². The number of nitrogens with zero attached hydrogens (tertiary/aromatic N) is 1. The van der Waals surface area contributed by atoms with Gasteiger partial charge in [0.05, 0.1) is 11.7 Å². The Hall–Kier alpha value is -0.710. The van der Waals surface area contributed by atoms with Gasteiger partial charge in [-0.25, -0.2) is 0 Å². The molecule has 1 N–H and O–H groups in total. The molecule has 0 aliphatic heterocycles. The molecule has 0 radical (unpaired) electrons. The highest BCUT2D eigenvalue weighted by Crippen LogP contribution is 2.38. The molecule has 1 saturated carbocycles. The van der Waals surface area contributed by atoms with E-state index in [0.717, 1.165) is 20.6 Å². The Kier molecular flexibility index (Phi) is 4.77. The summed E-state index contributed by atoms with van der Waals surface area (Å²) in [4.78, 5) is 4.58. The third-order valence-corrected chi connectivity index (χ3v) is 5.29. The van der Waals surface area contributed by atoms with Gasteiger partial charge < -0.3 is 5.32 Å². The summed E-state index contributed by atoms with van der Waals surface area (Å²) in [5.41, 5.74) is 3.76. The third kappa shape index (κ3) is 3.22. The van der Waals surface area contributed by atoms with E-state index in [0.29, 0.717) is 0 Å². The fourth-order valence-electron chi connectivity index (χ4n) is 2.83. The predicted molar refractivity (Wildman–Crippen MR) is 93.6 cm³/mol. The molecule has 4 heteroatoms. The first-order valence-electron chi connectivity index (χ1n) is 7.27. The summed E-state index contributed by atoms with van der Waals surface area (Å²) in [7, 11) is 1.98. The third-order valence-electron chi connectivity index (χ3n) is 4.22. The van der Waals surface area contributed by atoms with Gasteiger partial charge in [-0.1, -0.05) is 30.7 Å². The van der Waals surface area contributed by atoms with Crippen LogP contribution in [0.3, 0.4) is 0 Å². The number of halogens is 2. The first-order valence-corrected chi connectivity index (χ1v) is 8.85. The SMILES string of the molecule is CNC(c1cccc(C2CCC2)c1)c1ncc(Br)cc1Br. The van der Waals surface area contributed by atoms with Crippen molar-refractivity contribution in [1.29, 1.82) is 0 Å². The van der Waals surface area contributed by atoms with Crippen LogP contribution in [0.15, 0.2) is 45.5 Å². The summed E-state index contributed by atoms with van der Waals surface area (Å²) in [6.07, 6.45) is 5.87. The van der Waals surface area contributed by atoms with Crippen molar-refractivity contribution in [3.8, 4) is 0 Å². The van der Waals surface area contributed by atoms with Crippen molar-refractivity contribution < 1.29 is 0 Å². The van der Waals surface area contributed by atoms with Crippen LogP contribution in [0.25, 0.3) is 0 Å². The summed E-state index contributed by atoms with van der Waals surface area (Å²) in [6.45, 7) is 0. The number of hydrogen-bond acceptors (Lipinski definition) is 2. The van der Waals surface area contributed by atoms with Crippen LogP contribution < -0.4 is 5.32 Å². The fourth-order valence-corrected chi connectivity index (χ4v) is 4.05. The smallest absolute Gasteiger partial charge is 0.0761 e. The molecule has 1 aliphatic carbocycles. The van der Waals surface area contributed by atoms with Crippen LogP contribution in [0.2, 0.25) is 0 Å². The lowest BCUT2D eigenvalue weighted by Gasteiger charge is -2.27. The maximum Gasteiger partial charge on any atom is 0.0761 e. The summed E-state index contributed by atoms with van der Waals surface area (Å²) in [6, 6.07) is 11.1. The van der Waals surface area contributed by atoms with Crippen molar-refractivity contribution in [2.75, 3.05) is 7.05 Å². The topological polar surface area (TPSA) is 24.9 Å². The molecule has 1 unspecified atom stereocenters. The second-order valence-corrected chi connectivity index (χ2v) is 7.31. The molecule has 0 spiro atoms. The van der Waals surface area contributed by atoms with Gasteiger partial charge in [-0.15, -0.1) is 0 Å². The van der Waals surface area contributed by atoms with E-state index >= 15 is 0 Å². The molecule has 0 bridgehead atoms. The van der Waals surface area contributed by atoms with Gasteiger partial charge in [-0.05, 0) is 74.9 Å². The molecule has 3 rings (SSSR count). The Morgan fingerprint density at radius 3 is 2.67 bits per heavy atom. The highest BCUT2D eigenvalue weighted by Gasteiger charge is 2.22. The van der Waals surface area contributed by atoms with Crippen LogP contribution in [-0.4, -0.2) is 12.0 Å². The Morgan fingerprint density at radius 2 is 2.05 bits per heavy atom. The first kappa shape index (κ1) is 15.2. The standard InChI is InChI=1S/C17H18Br2N2/c1-20-16(17-15(19)9-14(18)10-21-17)13-7-3-6-12(8-13)11-4-2-5-11/h3,6-11,16,20H,2,4-5H2,1H3. The van der Waals surface area contributed by atoms with Gasteiger partial charge in [-0.2, -0.15) is 0 Å². The van der Waals surface area contributed by atoms with E-state index in [2.05, 4.69) is 66.4 Å². The van der Waals surface area contributed by atoms with Crippen molar-refractivity contribution in [2.24, 2.45) is 0 Å².